The highest BCUT2D eigenvalue weighted by atomic mass is 35.5. The fourth-order valence-electron chi connectivity index (χ4n) is 2.18. The second-order valence-electron chi connectivity index (χ2n) is 4.03. The average Bonchev–Trinajstić information content (AvgIpc) is 2.26. The van der Waals surface area contributed by atoms with Crippen LogP contribution in [0.1, 0.15) is 18.1 Å². The van der Waals surface area contributed by atoms with Crippen molar-refractivity contribution >= 4 is 30.0 Å². The number of fused-ring (bicyclic) bond motifs is 1. The molecule has 17 heavy (non-hydrogen) atoms. The quantitative estimate of drug-likeness (QED) is 0.902. The molecule has 3 nitrogen and oxygen atoms in total. The Balaban J connectivity index is 0.00000144. The van der Waals surface area contributed by atoms with E-state index in [0.29, 0.717) is 18.0 Å². The number of halogens is 2. The normalized spacial score (nSPS) is 19.3. The summed E-state index contributed by atoms with van der Waals surface area (Å²) in [4.78, 5) is 13.1. The van der Waals surface area contributed by atoms with E-state index in [1.54, 1.807) is 0 Å². The number of aliphatic carboxylic acids is 1. The smallest absolute Gasteiger partial charge is 0.321 e. The van der Waals surface area contributed by atoms with Gasteiger partial charge in [0.25, 0.3) is 0 Å². The number of hydrogen-bond acceptors (Lipinski definition) is 2. The van der Waals surface area contributed by atoms with Crippen molar-refractivity contribution in [3.05, 3.63) is 34.3 Å². The maximum Gasteiger partial charge on any atom is 0.321 e. The first kappa shape index (κ1) is 14.3. The lowest BCUT2D eigenvalue weighted by Gasteiger charge is -2.33. The lowest BCUT2D eigenvalue weighted by atomic mass is 9.94. The average molecular weight is 276 g/mol. The van der Waals surface area contributed by atoms with Crippen molar-refractivity contribution in [1.29, 1.82) is 0 Å². The number of nitrogens with zero attached hydrogens (tertiary/aromatic N) is 1. The van der Waals surface area contributed by atoms with Crippen molar-refractivity contribution < 1.29 is 9.90 Å². The van der Waals surface area contributed by atoms with Crippen molar-refractivity contribution in [3.63, 3.8) is 0 Å². The SMILES string of the molecule is CCN1Cc2cc(Cl)ccc2CC1C(=O)O.Cl. The number of likely N-dealkylation sites (N-methyl/N-ethyl adjacent to an activating group) is 1. The zero-order valence-electron chi connectivity index (χ0n) is 9.52. The van der Waals surface area contributed by atoms with Crippen LogP contribution in [0.25, 0.3) is 0 Å². The van der Waals surface area contributed by atoms with Crippen LogP contribution in [0.2, 0.25) is 5.02 Å². The van der Waals surface area contributed by atoms with E-state index in [-0.39, 0.29) is 12.4 Å². The molecule has 0 radical (unpaired) electrons. The zero-order valence-corrected chi connectivity index (χ0v) is 11.1. The fourth-order valence-corrected chi connectivity index (χ4v) is 2.38. The minimum Gasteiger partial charge on any atom is -0.480 e. The third kappa shape index (κ3) is 2.92. The Bertz CT molecular complexity index is 423. The Morgan fingerprint density at radius 2 is 2.24 bits per heavy atom. The summed E-state index contributed by atoms with van der Waals surface area (Å²) in [5.74, 6) is -0.748. The van der Waals surface area contributed by atoms with Gasteiger partial charge in [0.05, 0.1) is 0 Å². The Kier molecular flexibility index (Phi) is 4.80. The minimum atomic E-state index is -0.748. The Labute approximate surface area is 112 Å². The van der Waals surface area contributed by atoms with Crippen molar-refractivity contribution in [2.24, 2.45) is 0 Å². The van der Waals surface area contributed by atoms with Gasteiger partial charge in [-0.25, -0.2) is 0 Å². The van der Waals surface area contributed by atoms with Crippen LogP contribution in [-0.2, 0) is 17.8 Å². The molecule has 0 spiro atoms. The maximum atomic E-state index is 11.1. The van der Waals surface area contributed by atoms with E-state index >= 15 is 0 Å². The molecule has 0 amide bonds. The van der Waals surface area contributed by atoms with Gasteiger partial charge in [0, 0.05) is 11.6 Å². The van der Waals surface area contributed by atoms with E-state index in [2.05, 4.69) is 0 Å². The number of hydrogen-bond donors (Lipinski definition) is 1. The summed E-state index contributed by atoms with van der Waals surface area (Å²) in [6.07, 6.45) is 0.565. The lowest BCUT2D eigenvalue weighted by Crippen LogP contribution is -2.45. The second-order valence-corrected chi connectivity index (χ2v) is 4.47. The molecule has 0 fully saturated rings. The molecule has 1 aliphatic rings. The molecule has 0 aromatic heterocycles. The summed E-state index contributed by atoms with van der Waals surface area (Å²) < 4.78 is 0. The monoisotopic (exact) mass is 275 g/mol. The second kappa shape index (κ2) is 5.71. The molecule has 1 heterocycles. The molecule has 0 aliphatic carbocycles. The molecular formula is C12H15Cl2NO2. The third-order valence-electron chi connectivity index (χ3n) is 3.09. The van der Waals surface area contributed by atoms with Crippen molar-refractivity contribution in [3.8, 4) is 0 Å². The molecule has 0 bridgehead atoms. The van der Waals surface area contributed by atoms with E-state index in [1.807, 2.05) is 30.0 Å². The number of carbonyl (C=O) groups is 1. The van der Waals surface area contributed by atoms with E-state index < -0.39 is 12.0 Å². The van der Waals surface area contributed by atoms with Gasteiger partial charge in [0.1, 0.15) is 6.04 Å². The molecule has 1 aliphatic heterocycles. The first-order valence-corrected chi connectivity index (χ1v) is 5.73. The highest BCUT2D eigenvalue weighted by molar-refractivity contribution is 6.30. The molecule has 1 aromatic rings. The summed E-state index contributed by atoms with van der Waals surface area (Å²) >= 11 is 5.93. The first-order valence-electron chi connectivity index (χ1n) is 5.36. The van der Waals surface area contributed by atoms with Crippen LogP contribution >= 0.6 is 24.0 Å². The summed E-state index contributed by atoms with van der Waals surface area (Å²) in [6.45, 7) is 3.39. The predicted molar refractivity (Wildman–Crippen MR) is 69.9 cm³/mol. The van der Waals surface area contributed by atoms with E-state index in [1.165, 1.54) is 0 Å². The van der Waals surface area contributed by atoms with Gasteiger partial charge in [-0.2, -0.15) is 0 Å². The van der Waals surface area contributed by atoms with E-state index in [4.69, 9.17) is 16.7 Å². The molecule has 5 heteroatoms. The molecule has 1 atom stereocenters. The highest BCUT2D eigenvalue weighted by Crippen LogP contribution is 2.25. The number of carboxylic acid groups (broad SMARTS) is 1. The summed E-state index contributed by atoms with van der Waals surface area (Å²) in [5.41, 5.74) is 2.24. The molecule has 94 valence electrons. The lowest BCUT2D eigenvalue weighted by molar-refractivity contribution is -0.143. The van der Waals surface area contributed by atoms with E-state index in [9.17, 15) is 4.79 Å². The largest absolute Gasteiger partial charge is 0.480 e. The molecule has 1 aromatic carbocycles. The summed E-state index contributed by atoms with van der Waals surface area (Å²) in [7, 11) is 0. The molecular weight excluding hydrogens is 261 g/mol. The van der Waals surface area contributed by atoms with E-state index in [0.717, 1.165) is 17.7 Å². The number of carboxylic acids is 1. The van der Waals surface area contributed by atoms with Gasteiger partial charge in [0.15, 0.2) is 0 Å². The number of benzene rings is 1. The van der Waals surface area contributed by atoms with Gasteiger partial charge in [-0.1, -0.05) is 24.6 Å². The summed E-state index contributed by atoms with van der Waals surface area (Å²) in [5, 5.41) is 9.86. The van der Waals surface area contributed by atoms with Crippen LogP contribution in [-0.4, -0.2) is 28.6 Å². The molecule has 2 rings (SSSR count). The van der Waals surface area contributed by atoms with Crippen molar-refractivity contribution in [2.45, 2.75) is 25.9 Å². The zero-order chi connectivity index (χ0) is 11.7. The fraction of sp³-hybridized carbons (Fsp3) is 0.417. The minimum absolute atomic E-state index is 0. The maximum absolute atomic E-state index is 11.1. The van der Waals surface area contributed by atoms with Crippen LogP contribution in [0.3, 0.4) is 0 Å². The van der Waals surface area contributed by atoms with Gasteiger partial charge < -0.3 is 5.11 Å². The van der Waals surface area contributed by atoms with Gasteiger partial charge in [-0.3, -0.25) is 9.69 Å². The van der Waals surface area contributed by atoms with Gasteiger partial charge >= 0.3 is 5.97 Å². The van der Waals surface area contributed by atoms with Crippen molar-refractivity contribution in [1.82, 2.24) is 4.90 Å². The van der Waals surface area contributed by atoms with Crippen LogP contribution in [0.4, 0.5) is 0 Å². The topological polar surface area (TPSA) is 40.5 Å². The Hall–Kier alpha value is -0.770. The Morgan fingerprint density at radius 3 is 2.82 bits per heavy atom. The molecule has 1 N–H and O–H groups in total. The molecule has 0 saturated carbocycles. The van der Waals surface area contributed by atoms with Crippen LogP contribution in [0, 0.1) is 0 Å². The van der Waals surface area contributed by atoms with Crippen LogP contribution in [0.5, 0.6) is 0 Å². The summed E-state index contributed by atoms with van der Waals surface area (Å²) in [6, 6.07) is 5.28. The molecule has 0 saturated heterocycles. The number of rotatable bonds is 2. The van der Waals surface area contributed by atoms with Gasteiger partial charge in [-0.15, -0.1) is 12.4 Å². The molecule has 1 unspecified atom stereocenters. The van der Waals surface area contributed by atoms with Crippen LogP contribution < -0.4 is 0 Å². The predicted octanol–water partition coefficient (Wildman–Crippen LogP) is 2.59. The van der Waals surface area contributed by atoms with Crippen LogP contribution in [0.15, 0.2) is 18.2 Å². The standard InChI is InChI=1S/C12H14ClNO2.ClH/c1-2-14-7-9-5-10(13)4-3-8(9)6-11(14)12(15)16;/h3-5,11H,2,6-7H2,1H3,(H,15,16);1H. The highest BCUT2D eigenvalue weighted by Gasteiger charge is 2.30. The first-order chi connectivity index (χ1) is 7.61. The van der Waals surface area contributed by atoms with Crippen molar-refractivity contribution in [2.75, 3.05) is 6.54 Å². The Morgan fingerprint density at radius 1 is 1.53 bits per heavy atom. The van der Waals surface area contributed by atoms with Gasteiger partial charge in [0.2, 0.25) is 0 Å². The van der Waals surface area contributed by atoms with Gasteiger partial charge in [-0.05, 0) is 36.2 Å². The third-order valence-corrected chi connectivity index (χ3v) is 3.32.